The molecule has 0 unspecified atom stereocenters. The van der Waals surface area contributed by atoms with E-state index < -0.39 is 11.7 Å². The fourth-order valence-electron chi connectivity index (χ4n) is 2.13. The van der Waals surface area contributed by atoms with Crippen molar-refractivity contribution in [3.63, 3.8) is 0 Å². The number of halogens is 1. The third kappa shape index (κ3) is 3.66. The molecule has 9 nitrogen and oxygen atoms in total. The van der Waals surface area contributed by atoms with E-state index in [1.165, 1.54) is 12.3 Å². The summed E-state index contributed by atoms with van der Waals surface area (Å²) in [6.45, 7) is 2.08. The standard InChI is InChI=1S/C14H16FN7O2/c15-10-8-18-14(19-12(10)22-3-5-24-6-4-22)21-20-13(23)11-2-1-9(16)7-17-11/h1-2,7-8H,3-6,16H2,(H,20,23)(H,18,19,21). The predicted molar refractivity (Wildman–Crippen MR) is 84.8 cm³/mol. The molecule has 0 spiro atoms. The SMILES string of the molecule is Nc1ccc(C(=O)NNc2ncc(F)c(N3CCOCC3)n2)nc1. The van der Waals surface area contributed by atoms with Gasteiger partial charge in [-0.3, -0.25) is 15.6 Å². The van der Waals surface area contributed by atoms with E-state index >= 15 is 0 Å². The van der Waals surface area contributed by atoms with Crippen molar-refractivity contribution >= 4 is 23.4 Å². The van der Waals surface area contributed by atoms with Gasteiger partial charge < -0.3 is 15.4 Å². The summed E-state index contributed by atoms with van der Waals surface area (Å²) in [5.41, 5.74) is 11.1. The second-order valence-electron chi connectivity index (χ2n) is 5.02. The van der Waals surface area contributed by atoms with Crippen LogP contribution in [0.5, 0.6) is 0 Å². The number of hydrazine groups is 1. The summed E-state index contributed by atoms with van der Waals surface area (Å²) < 4.78 is 19.1. The van der Waals surface area contributed by atoms with E-state index in [1.807, 2.05) is 0 Å². The first-order chi connectivity index (χ1) is 11.6. The average molecular weight is 333 g/mol. The molecule has 1 fully saturated rings. The van der Waals surface area contributed by atoms with E-state index in [1.54, 1.807) is 11.0 Å². The fourth-order valence-corrected chi connectivity index (χ4v) is 2.13. The van der Waals surface area contributed by atoms with Crippen LogP contribution in [-0.2, 0) is 4.74 Å². The summed E-state index contributed by atoms with van der Waals surface area (Å²) in [5, 5.41) is 0. The molecule has 0 atom stereocenters. The second kappa shape index (κ2) is 7.04. The molecule has 2 aromatic heterocycles. The maximum atomic E-state index is 13.9. The lowest BCUT2D eigenvalue weighted by Crippen LogP contribution is -2.38. The van der Waals surface area contributed by atoms with Crippen LogP contribution in [0, 0.1) is 5.82 Å². The maximum Gasteiger partial charge on any atom is 0.288 e. The Morgan fingerprint density at radius 1 is 1.25 bits per heavy atom. The van der Waals surface area contributed by atoms with Crippen molar-refractivity contribution < 1.29 is 13.9 Å². The monoisotopic (exact) mass is 333 g/mol. The van der Waals surface area contributed by atoms with Gasteiger partial charge in [0.1, 0.15) is 5.69 Å². The summed E-state index contributed by atoms with van der Waals surface area (Å²) in [4.78, 5) is 25.5. The van der Waals surface area contributed by atoms with Crippen LogP contribution < -0.4 is 21.5 Å². The Morgan fingerprint density at radius 3 is 2.75 bits per heavy atom. The minimum absolute atomic E-state index is 0.0710. The van der Waals surface area contributed by atoms with Crippen molar-refractivity contribution in [3.8, 4) is 0 Å². The predicted octanol–water partition coefficient (Wildman–Crippen LogP) is 0.186. The molecule has 10 heteroatoms. The Balaban J connectivity index is 1.66. The van der Waals surface area contributed by atoms with Crippen LogP contribution in [0.2, 0.25) is 0 Å². The van der Waals surface area contributed by atoms with Crippen LogP contribution in [0.1, 0.15) is 10.5 Å². The van der Waals surface area contributed by atoms with Gasteiger partial charge in [-0.2, -0.15) is 4.98 Å². The zero-order valence-corrected chi connectivity index (χ0v) is 12.7. The van der Waals surface area contributed by atoms with Gasteiger partial charge in [0, 0.05) is 13.1 Å². The summed E-state index contributed by atoms with van der Waals surface area (Å²) in [6, 6.07) is 3.05. The number of aromatic nitrogens is 3. The molecule has 3 heterocycles. The Hall–Kier alpha value is -3.01. The van der Waals surface area contributed by atoms with Crippen molar-refractivity contribution in [2.45, 2.75) is 0 Å². The summed E-state index contributed by atoms with van der Waals surface area (Å²) in [7, 11) is 0. The number of anilines is 3. The molecular weight excluding hydrogens is 317 g/mol. The van der Waals surface area contributed by atoms with Gasteiger partial charge >= 0.3 is 0 Å². The number of hydrogen-bond acceptors (Lipinski definition) is 8. The second-order valence-corrected chi connectivity index (χ2v) is 5.02. The molecule has 1 amide bonds. The average Bonchev–Trinajstić information content (AvgIpc) is 2.62. The smallest absolute Gasteiger partial charge is 0.288 e. The van der Waals surface area contributed by atoms with Crippen molar-refractivity contribution in [3.05, 3.63) is 36.0 Å². The third-order valence-electron chi connectivity index (χ3n) is 3.34. The molecule has 1 aliphatic heterocycles. The maximum absolute atomic E-state index is 13.9. The topological polar surface area (TPSA) is 118 Å². The summed E-state index contributed by atoms with van der Waals surface area (Å²) >= 11 is 0. The van der Waals surface area contributed by atoms with Crippen LogP contribution in [0.15, 0.2) is 24.5 Å². The number of nitrogens with one attached hydrogen (secondary N) is 2. The Labute approximate surface area is 137 Å². The highest BCUT2D eigenvalue weighted by atomic mass is 19.1. The van der Waals surface area contributed by atoms with Gasteiger partial charge in [0.2, 0.25) is 5.95 Å². The number of nitrogens with zero attached hydrogens (tertiary/aromatic N) is 4. The number of pyridine rings is 1. The number of nitrogen functional groups attached to an aromatic ring is 1. The zero-order valence-electron chi connectivity index (χ0n) is 12.7. The zero-order chi connectivity index (χ0) is 16.9. The van der Waals surface area contributed by atoms with Crippen LogP contribution >= 0.6 is 0 Å². The van der Waals surface area contributed by atoms with E-state index in [2.05, 4.69) is 25.8 Å². The first kappa shape index (κ1) is 15.9. The van der Waals surface area contributed by atoms with Crippen molar-refractivity contribution in [2.75, 3.05) is 42.4 Å². The first-order valence-electron chi connectivity index (χ1n) is 7.26. The van der Waals surface area contributed by atoms with Gasteiger partial charge in [0.25, 0.3) is 5.91 Å². The van der Waals surface area contributed by atoms with Gasteiger partial charge in [0.05, 0.1) is 31.3 Å². The lowest BCUT2D eigenvalue weighted by atomic mass is 10.3. The largest absolute Gasteiger partial charge is 0.397 e. The van der Waals surface area contributed by atoms with Gasteiger partial charge in [-0.25, -0.2) is 14.4 Å². The van der Waals surface area contributed by atoms with Crippen LogP contribution in [0.4, 0.5) is 21.8 Å². The minimum atomic E-state index is -0.533. The number of carbonyl (C=O) groups excluding carboxylic acids is 1. The molecule has 4 N–H and O–H groups in total. The molecule has 3 rings (SSSR count). The van der Waals surface area contributed by atoms with Gasteiger partial charge in [-0.05, 0) is 12.1 Å². The fraction of sp³-hybridized carbons (Fsp3) is 0.286. The van der Waals surface area contributed by atoms with E-state index in [-0.39, 0.29) is 17.5 Å². The highest BCUT2D eigenvalue weighted by molar-refractivity contribution is 5.92. The third-order valence-corrected chi connectivity index (χ3v) is 3.34. The number of rotatable bonds is 4. The molecular formula is C14H16FN7O2. The van der Waals surface area contributed by atoms with Crippen LogP contribution in [0.3, 0.4) is 0 Å². The molecule has 0 aliphatic carbocycles. The molecule has 1 aliphatic rings. The number of ether oxygens (including phenoxy) is 1. The Morgan fingerprint density at radius 2 is 2.04 bits per heavy atom. The van der Waals surface area contributed by atoms with E-state index in [0.717, 1.165) is 6.20 Å². The Kier molecular flexibility index (Phi) is 4.66. The van der Waals surface area contributed by atoms with Gasteiger partial charge in [0.15, 0.2) is 11.6 Å². The molecule has 0 saturated carbocycles. The van der Waals surface area contributed by atoms with E-state index in [4.69, 9.17) is 10.5 Å². The quantitative estimate of drug-likeness (QED) is 0.679. The van der Waals surface area contributed by atoms with Crippen LogP contribution in [-0.4, -0.2) is 47.2 Å². The van der Waals surface area contributed by atoms with E-state index in [9.17, 15) is 9.18 Å². The normalized spacial score (nSPS) is 14.3. The lowest BCUT2D eigenvalue weighted by Gasteiger charge is -2.28. The highest BCUT2D eigenvalue weighted by Gasteiger charge is 2.18. The summed E-state index contributed by atoms with van der Waals surface area (Å²) in [6.07, 6.45) is 2.42. The van der Waals surface area contributed by atoms with Crippen molar-refractivity contribution in [2.24, 2.45) is 0 Å². The highest BCUT2D eigenvalue weighted by Crippen LogP contribution is 2.18. The molecule has 1 saturated heterocycles. The number of amides is 1. The first-order valence-corrected chi connectivity index (χ1v) is 7.26. The van der Waals surface area contributed by atoms with Gasteiger partial charge in [-0.15, -0.1) is 0 Å². The molecule has 126 valence electrons. The molecule has 0 aromatic carbocycles. The molecule has 0 bridgehead atoms. The molecule has 24 heavy (non-hydrogen) atoms. The van der Waals surface area contributed by atoms with Crippen LogP contribution in [0.25, 0.3) is 0 Å². The molecule has 0 radical (unpaired) electrons. The number of hydrogen-bond donors (Lipinski definition) is 3. The lowest BCUT2D eigenvalue weighted by molar-refractivity contribution is 0.0957. The summed E-state index contributed by atoms with van der Waals surface area (Å²) in [5.74, 6) is -0.790. The Bertz CT molecular complexity index is 720. The minimum Gasteiger partial charge on any atom is -0.397 e. The van der Waals surface area contributed by atoms with Crippen molar-refractivity contribution in [1.82, 2.24) is 20.4 Å². The number of morpholine rings is 1. The van der Waals surface area contributed by atoms with E-state index in [0.29, 0.717) is 32.0 Å². The number of carbonyl (C=O) groups is 1. The molecule has 2 aromatic rings. The van der Waals surface area contributed by atoms with Crippen molar-refractivity contribution in [1.29, 1.82) is 0 Å². The number of nitrogens with two attached hydrogens (primary N) is 1. The van der Waals surface area contributed by atoms with Gasteiger partial charge in [-0.1, -0.05) is 0 Å².